The summed E-state index contributed by atoms with van der Waals surface area (Å²) in [4.78, 5) is 12.8. The molecule has 0 saturated carbocycles. The molecule has 1 aromatic carbocycles. The van der Waals surface area contributed by atoms with E-state index in [0.717, 1.165) is 5.56 Å². The summed E-state index contributed by atoms with van der Waals surface area (Å²) < 4.78 is 23.2. The Balaban J connectivity index is 2.11. The van der Waals surface area contributed by atoms with Gasteiger partial charge in [-0.1, -0.05) is 30.3 Å². The first-order valence-corrected chi connectivity index (χ1v) is 7.98. The summed E-state index contributed by atoms with van der Waals surface area (Å²) in [6, 6.07) is 9.24. The van der Waals surface area contributed by atoms with Gasteiger partial charge in [0.1, 0.15) is 0 Å². The molecule has 0 aliphatic carbocycles. The van der Waals surface area contributed by atoms with Crippen LogP contribution in [0.15, 0.2) is 30.3 Å². The molecule has 1 N–H and O–H groups in total. The maximum absolute atomic E-state index is 11.6. The van der Waals surface area contributed by atoms with Crippen LogP contribution in [0, 0.1) is 0 Å². The molecule has 1 aliphatic heterocycles. The predicted octanol–water partition coefficient (Wildman–Crippen LogP) is 0.760. The summed E-state index contributed by atoms with van der Waals surface area (Å²) in [5.74, 6) is -0.914. The van der Waals surface area contributed by atoms with E-state index in [4.69, 9.17) is 5.11 Å². The van der Waals surface area contributed by atoms with E-state index in [1.165, 1.54) is 0 Å². The number of carboxylic acids is 1. The Bertz CT molecular complexity index is 541. The van der Waals surface area contributed by atoms with Crippen LogP contribution in [0.3, 0.4) is 0 Å². The summed E-state index contributed by atoms with van der Waals surface area (Å²) in [6.45, 7) is 0.990. The van der Waals surface area contributed by atoms with Crippen LogP contribution in [-0.4, -0.2) is 48.5 Å². The van der Waals surface area contributed by atoms with Gasteiger partial charge in [-0.2, -0.15) is 0 Å². The Hall–Kier alpha value is -1.40. The minimum Gasteiger partial charge on any atom is -0.481 e. The van der Waals surface area contributed by atoms with Crippen LogP contribution in [0.5, 0.6) is 0 Å². The second-order valence-electron chi connectivity index (χ2n) is 4.82. The lowest BCUT2D eigenvalue weighted by atomic mass is 10.1. The van der Waals surface area contributed by atoms with Crippen molar-refractivity contribution in [1.29, 1.82) is 0 Å². The lowest BCUT2D eigenvalue weighted by Gasteiger charge is -2.34. The SMILES string of the molecule is O=C(O)CC1CS(=O)(=O)CCN1Cc1ccccc1. The van der Waals surface area contributed by atoms with Gasteiger partial charge >= 0.3 is 5.97 Å². The Labute approximate surface area is 112 Å². The van der Waals surface area contributed by atoms with E-state index >= 15 is 0 Å². The van der Waals surface area contributed by atoms with Crippen LogP contribution in [0.1, 0.15) is 12.0 Å². The minimum atomic E-state index is -3.11. The fourth-order valence-corrected chi connectivity index (χ4v) is 3.93. The number of carbonyl (C=O) groups is 1. The van der Waals surface area contributed by atoms with Crippen LogP contribution >= 0.6 is 0 Å². The van der Waals surface area contributed by atoms with Gasteiger partial charge in [0.05, 0.1) is 17.9 Å². The molecule has 0 radical (unpaired) electrons. The van der Waals surface area contributed by atoms with Crippen molar-refractivity contribution < 1.29 is 18.3 Å². The smallest absolute Gasteiger partial charge is 0.304 e. The topological polar surface area (TPSA) is 74.7 Å². The quantitative estimate of drug-likeness (QED) is 0.883. The van der Waals surface area contributed by atoms with Crippen molar-refractivity contribution in [1.82, 2.24) is 4.90 Å². The Morgan fingerprint density at radius 2 is 2.00 bits per heavy atom. The molecule has 1 aliphatic rings. The molecule has 0 bridgehead atoms. The summed E-state index contributed by atoms with van der Waals surface area (Å²) in [7, 11) is -3.11. The van der Waals surface area contributed by atoms with Gasteiger partial charge in [0.25, 0.3) is 0 Å². The third-order valence-corrected chi connectivity index (χ3v) is 4.99. The number of carboxylic acid groups (broad SMARTS) is 1. The summed E-state index contributed by atoms with van der Waals surface area (Å²) >= 11 is 0. The molecule has 1 heterocycles. The summed E-state index contributed by atoms with van der Waals surface area (Å²) in [6.07, 6.45) is -0.133. The van der Waals surface area contributed by atoms with Crippen molar-refractivity contribution in [2.24, 2.45) is 0 Å². The highest BCUT2D eigenvalue weighted by molar-refractivity contribution is 7.91. The van der Waals surface area contributed by atoms with Gasteiger partial charge < -0.3 is 5.11 Å². The average Bonchev–Trinajstić information content (AvgIpc) is 2.33. The number of benzene rings is 1. The first-order chi connectivity index (χ1) is 8.96. The molecule has 1 unspecified atom stereocenters. The van der Waals surface area contributed by atoms with Gasteiger partial charge in [0, 0.05) is 19.1 Å². The van der Waals surface area contributed by atoms with Crippen LogP contribution < -0.4 is 0 Å². The lowest BCUT2D eigenvalue weighted by molar-refractivity contribution is -0.138. The maximum Gasteiger partial charge on any atom is 0.304 e. The Kier molecular flexibility index (Phi) is 4.21. The summed E-state index contributed by atoms with van der Waals surface area (Å²) in [5, 5.41) is 8.90. The zero-order chi connectivity index (χ0) is 13.9. The molecule has 6 heteroatoms. The van der Waals surface area contributed by atoms with E-state index in [2.05, 4.69) is 0 Å². The molecule has 1 atom stereocenters. The third kappa shape index (κ3) is 4.04. The molecule has 5 nitrogen and oxygen atoms in total. The zero-order valence-electron chi connectivity index (χ0n) is 10.5. The van der Waals surface area contributed by atoms with Crippen molar-refractivity contribution in [3.8, 4) is 0 Å². The van der Waals surface area contributed by atoms with Crippen molar-refractivity contribution in [3.63, 3.8) is 0 Å². The van der Waals surface area contributed by atoms with Crippen LogP contribution in [0.4, 0.5) is 0 Å². The highest BCUT2D eigenvalue weighted by Gasteiger charge is 2.32. The van der Waals surface area contributed by atoms with Crippen molar-refractivity contribution in [2.75, 3.05) is 18.1 Å². The van der Waals surface area contributed by atoms with Gasteiger partial charge in [-0.3, -0.25) is 9.69 Å². The predicted molar refractivity (Wildman–Crippen MR) is 71.5 cm³/mol. The molecular formula is C13H17NO4S. The van der Waals surface area contributed by atoms with Gasteiger partial charge in [-0.25, -0.2) is 8.42 Å². The number of hydrogen-bond donors (Lipinski definition) is 1. The van der Waals surface area contributed by atoms with E-state index in [-0.39, 0.29) is 17.9 Å². The standard InChI is InChI=1S/C13H17NO4S/c15-13(16)8-12-10-19(17,18)7-6-14(12)9-11-4-2-1-3-5-11/h1-5,12H,6-10H2,(H,15,16). The molecule has 0 aromatic heterocycles. The van der Waals surface area contributed by atoms with E-state index < -0.39 is 21.8 Å². The van der Waals surface area contributed by atoms with Gasteiger partial charge in [0.2, 0.25) is 0 Å². The van der Waals surface area contributed by atoms with Crippen LogP contribution in [-0.2, 0) is 21.2 Å². The molecule has 0 amide bonds. The monoisotopic (exact) mass is 283 g/mol. The van der Waals surface area contributed by atoms with Crippen LogP contribution in [0.2, 0.25) is 0 Å². The van der Waals surface area contributed by atoms with E-state index in [1.807, 2.05) is 35.2 Å². The number of hydrogen-bond acceptors (Lipinski definition) is 4. The van der Waals surface area contributed by atoms with Crippen molar-refractivity contribution >= 4 is 15.8 Å². The molecule has 1 saturated heterocycles. The largest absolute Gasteiger partial charge is 0.481 e. The minimum absolute atomic E-state index is 0.0634. The molecule has 2 rings (SSSR count). The number of aliphatic carboxylic acids is 1. The molecule has 1 aromatic rings. The first-order valence-electron chi connectivity index (χ1n) is 6.16. The maximum atomic E-state index is 11.6. The zero-order valence-corrected chi connectivity index (χ0v) is 11.3. The second-order valence-corrected chi connectivity index (χ2v) is 7.05. The molecule has 104 valence electrons. The van der Waals surface area contributed by atoms with Gasteiger partial charge in [0.15, 0.2) is 9.84 Å². The number of nitrogens with zero attached hydrogens (tertiary/aromatic N) is 1. The van der Waals surface area contributed by atoms with Crippen LogP contribution in [0.25, 0.3) is 0 Å². The fourth-order valence-electron chi connectivity index (χ4n) is 2.34. The van der Waals surface area contributed by atoms with Gasteiger partial charge in [-0.05, 0) is 5.56 Å². The summed E-state index contributed by atoms with van der Waals surface area (Å²) in [5.41, 5.74) is 1.07. The average molecular weight is 283 g/mol. The molecule has 1 fully saturated rings. The van der Waals surface area contributed by atoms with Crippen molar-refractivity contribution in [3.05, 3.63) is 35.9 Å². The first kappa shape index (κ1) is 14.0. The van der Waals surface area contributed by atoms with E-state index in [0.29, 0.717) is 13.1 Å². The lowest BCUT2D eigenvalue weighted by Crippen LogP contribution is -2.48. The normalized spacial score (nSPS) is 23.1. The number of rotatable bonds is 4. The fraction of sp³-hybridized carbons (Fsp3) is 0.462. The van der Waals surface area contributed by atoms with Crippen molar-refractivity contribution in [2.45, 2.75) is 19.0 Å². The molecular weight excluding hydrogens is 266 g/mol. The molecule has 19 heavy (non-hydrogen) atoms. The Morgan fingerprint density at radius 1 is 1.32 bits per heavy atom. The highest BCUT2D eigenvalue weighted by Crippen LogP contribution is 2.18. The van der Waals surface area contributed by atoms with E-state index in [9.17, 15) is 13.2 Å². The Morgan fingerprint density at radius 3 is 2.63 bits per heavy atom. The second kappa shape index (κ2) is 5.71. The third-order valence-electron chi connectivity index (χ3n) is 3.29. The molecule has 0 spiro atoms. The van der Waals surface area contributed by atoms with Gasteiger partial charge in [-0.15, -0.1) is 0 Å². The van der Waals surface area contributed by atoms with E-state index in [1.54, 1.807) is 0 Å². The number of sulfone groups is 1. The highest BCUT2D eigenvalue weighted by atomic mass is 32.2.